The number of benzene rings is 1. The number of carbonyl (C=O) groups is 1. The van der Waals surface area contributed by atoms with E-state index < -0.39 is 10.1 Å². The second-order valence-electron chi connectivity index (χ2n) is 4.55. The number of hydrogen-bond acceptors (Lipinski definition) is 4. The molecular weight excluding hydrogens is 266 g/mol. The van der Waals surface area contributed by atoms with Crippen LogP contribution in [0.15, 0.2) is 24.3 Å². The highest BCUT2D eigenvalue weighted by Gasteiger charge is 2.23. The molecule has 0 N–H and O–H groups in total. The molecule has 0 unspecified atom stereocenters. The molecule has 0 aliphatic carbocycles. The van der Waals surface area contributed by atoms with Crippen LogP contribution < -0.4 is 4.90 Å². The predicted molar refractivity (Wildman–Crippen MR) is 72.5 cm³/mol. The number of hydrogen-bond donors (Lipinski definition) is 0. The fourth-order valence-corrected chi connectivity index (χ4v) is 2.60. The Labute approximate surface area is 113 Å². The zero-order valence-corrected chi connectivity index (χ0v) is 11.6. The van der Waals surface area contributed by atoms with Gasteiger partial charge in [-0.2, -0.15) is 8.42 Å². The van der Waals surface area contributed by atoms with Gasteiger partial charge in [0, 0.05) is 18.7 Å². The Balaban J connectivity index is 1.98. The number of rotatable bonds is 5. The van der Waals surface area contributed by atoms with Crippen LogP contribution in [-0.4, -0.2) is 33.7 Å². The zero-order valence-electron chi connectivity index (χ0n) is 10.8. The van der Waals surface area contributed by atoms with Gasteiger partial charge in [0.05, 0.1) is 12.9 Å². The summed E-state index contributed by atoms with van der Waals surface area (Å²) in [5.41, 5.74) is 2.09. The summed E-state index contributed by atoms with van der Waals surface area (Å²) in [6.45, 7) is 0.580. The average Bonchev–Trinajstić information content (AvgIpc) is 2.35. The summed E-state index contributed by atoms with van der Waals surface area (Å²) in [5.74, 6) is 0.0815. The molecule has 0 saturated carbocycles. The SMILES string of the molecule is CS(=O)(=O)OCCCN1C(=O)CCc2ccccc21. The molecule has 0 bridgehead atoms. The number of para-hydroxylation sites is 1. The lowest BCUT2D eigenvalue weighted by Gasteiger charge is -2.29. The zero-order chi connectivity index (χ0) is 13.9. The lowest BCUT2D eigenvalue weighted by atomic mass is 10.0. The molecule has 0 atom stereocenters. The predicted octanol–water partition coefficient (Wildman–Crippen LogP) is 1.33. The van der Waals surface area contributed by atoms with E-state index in [1.165, 1.54) is 0 Å². The van der Waals surface area contributed by atoms with Crippen molar-refractivity contribution < 1.29 is 17.4 Å². The first kappa shape index (κ1) is 14.0. The molecule has 104 valence electrons. The molecule has 19 heavy (non-hydrogen) atoms. The largest absolute Gasteiger partial charge is 0.312 e. The quantitative estimate of drug-likeness (QED) is 0.604. The number of carbonyl (C=O) groups excluding carboxylic acids is 1. The summed E-state index contributed by atoms with van der Waals surface area (Å²) in [7, 11) is -3.40. The fourth-order valence-electron chi connectivity index (χ4n) is 2.17. The molecule has 0 saturated heterocycles. The second kappa shape index (κ2) is 5.71. The minimum atomic E-state index is -3.40. The highest BCUT2D eigenvalue weighted by molar-refractivity contribution is 7.85. The van der Waals surface area contributed by atoms with Crippen molar-refractivity contribution in [3.05, 3.63) is 29.8 Å². The maximum Gasteiger partial charge on any atom is 0.264 e. The van der Waals surface area contributed by atoms with Gasteiger partial charge >= 0.3 is 0 Å². The van der Waals surface area contributed by atoms with Crippen molar-refractivity contribution in [1.29, 1.82) is 0 Å². The maximum atomic E-state index is 11.9. The maximum absolute atomic E-state index is 11.9. The first-order valence-corrected chi connectivity index (χ1v) is 8.02. The number of nitrogens with zero attached hydrogens (tertiary/aromatic N) is 1. The standard InChI is InChI=1S/C13H17NO4S/c1-19(16,17)18-10-4-9-14-12-6-3-2-5-11(12)7-8-13(14)15/h2-3,5-6H,4,7-10H2,1H3. The van der Waals surface area contributed by atoms with E-state index in [2.05, 4.69) is 4.18 Å². The minimum Gasteiger partial charge on any atom is -0.312 e. The normalized spacial score (nSPS) is 15.4. The van der Waals surface area contributed by atoms with Crippen LogP contribution in [0, 0.1) is 0 Å². The number of amides is 1. The van der Waals surface area contributed by atoms with Crippen LogP contribution in [0.25, 0.3) is 0 Å². The van der Waals surface area contributed by atoms with Gasteiger partial charge in [0.15, 0.2) is 0 Å². The van der Waals surface area contributed by atoms with Gasteiger partial charge in [0.1, 0.15) is 0 Å². The first-order valence-electron chi connectivity index (χ1n) is 6.20. The van der Waals surface area contributed by atoms with E-state index in [-0.39, 0.29) is 12.5 Å². The third-order valence-corrected chi connectivity index (χ3v) is 3.61. The topological polar surface area (TPSA) is 63.7 Å². The van der Waals surface area contributed by atoms with Crippen molar-refractivity contribution in [3.63, 3.8) is 0 Å². The Morgan fingerprint density at radius 1 is 1.26 bits per heavy atom. The molecule has 6 heteroatoms. The van der Waals surface area contributed by atoms with Crippen molar-refractivity contribution >= 4 is 21.7 Å². The van der Waals surface area contributed by atoms with Gasteiger partial charge in [-0.25, -0.2) is 0 Å². The Bertz CT molecular complexity index is 568. The number of fused-ring (bicyclic) bond motifs is 1. The molecule has 1 aromatic carbocycles. The Morgan fingerprint density at radius 2 is 2.00 bits per heavy atom. The van der Waals surface area contributed by atoms with Crippen LogP contribution in [0.2, 0.25) is 0 Å². The van der Waals surface area contributed by atoms with Gasteiger partial charge in [-0.3, -0.25) is 8.98 Å². The molecule has 1 aliphatic rings. The molecule has 0 spiro atoms. The third kappa shape index (κ3) is 3.78. The van der Waals surface area contributed by atoms with Crippen LogP contribution in [0.5, 0.6) is 0 Å². The molecule has 0 radical (unpaired) electrons. The fraction of sp³-hybridized carbons (Fsp3) is 0.462. The summed E-state index contributed by atoms with van der Waals surface area (Å²) in [5, 5.41) is 0. The average molecular weight is 283 g/mol. The lowest BCUT2D eigenvalue weighted by molar-refractivity contribution is -0.118. The van der Waals surface area contributed by atoms with Crippen LogP contribution in [0.3, 0.4) is 0 Å². The smallest absolute Gasteiger partial charge is 0.264 e. The van der Waals surface area contributed by atoms with Gasteiger partial charge in [-0.15, -0.1) is 0 Å². The van der Waals surface area contributed by atoms with Crippen LogP contribution in [0.4, 0.5) is 5.69 Å². The van der Waals surface area contributed by atoms with Crippen molar-refractivity contribution in [2.75, 3.05) is 24.3 Å². The number of aryl methyl sites for hydroxylation is 1. The Morgan fingerprint density at radius 3 is 2.74 bits per heavy atom. The van der Waals surface area contributed by atoms with Gasteiger partial charge in [0.25, 0.3) is 10.1 Å². The van der Waals surface area contributed by atoms with E-state index >= 15 is 0 Å². The number of anilines is 1. The van der Waals surface area contributed by atoms with Gasteiger partial charge in [0.2, 0.25) is 5.91 Å². The lowest BCUT2D eigenvalue weighted by Crippen LogP contribution is -2.36. The van der Waals surface area contributed by atoms with E-state index in [0.29, 0.717) is 19.4 Å². The molecule has 0 fully saturated rings. The molecule has 5 nitrogen and oxygen atoms in total. The first-order chi connectivity index (χ1) is 8.97. The van der Waals surface area contributed by atoms with Crippen molar-refractivity contribution in [2.24, 2.45) is 0 Å². The highest BCUT2D eigenvalue weighted by atomic mass is 32.2. The molecule has 0 aromatic heterocycles. The highest BCUT2D eigenvalue weighted by Crippen LogP contribution is 2.27. The second-order valence-corrected chi connectivity index (χ2v) is 6.20. The van der Waals surface area contributed by atoms with Gasteiger partial charge < -0.3 is 4.90 Å². The minimum absolute atomic E-state index is 0.0815. The van der Waals surface area contributed by atoms with Crippen LogP contribution in [0.1, 0.15) is 18.4 Å². The molecule has 1 aliphatic heterocycles. The van der Waals surface area contributed by atoms with Gasteiger partial charge in [-0.1, -0.05) is 18.2 Å². The molecule has 1 amide bonds. The Hall–Kier alpha value is -1.40. The summed E-state index contributed by atoms with van der Waals surface area (Å²) in [6, 6.07) is 7.79. The van der Waals surface area contributed by atoms with E-state index in [1.54, 1.807) is 4.90 Å². The van der Waals surface area contributed by atoms with Crippen molar-refractivity contribution in [2.45, 2.75) is 19.3 Å². The summed E-state index contributed by atoms with van der Waals surface area (Å²) >= 11 is 0. The monoisotopic (exact) mass is 283 g/mol. The molecule has 2 rings (SSSR count). The third-order valence-electron chi connectivity index (χ3n) is 3.02. The van der Waals surface area contributed by atoms with E-state index in [1.807, 2.05) is 24.3 Å². The van der Waals surface area contributed by atoms with E-state index in [0.717, 1.165) is 23.9 Å². The van der Waals surface area contributed by atoms with Gasteiger partial charge in [-0.05, 0) is 24.5 Å². The van der Waals surface area contributed by atoms with Crippen LogP contribution in [-0.2, 0) is 25.5 Å². The van der Waals surface area contributed by atoms with Crippen molar-refractivity contribution in [1.82, 2.24) is 0 Å². The summed E-state index contributed by atoms with van der Waals surface area (Å²) < 4.78 is 26.4. The summed E-state index contributed by atoms with van der Waals surface area (Å²) in [4.78, 5) is 13.6. The molecular formula is C13H17NO4S. The van der Waals surface area contributed by atoms with E-state index in [4.69, 9.17) is 0 Å². The summed E-state index contributed by atoms with van der Waals surface area (Å²) in [6.07, 6.45) is 2.79. The molecule has 1 heterocycles. The molecule has 1 aromatic rings. The van der Waals surface area contributed by atoms with Crippen LogP contribution >= 0.6 is 0 Å². The van der Waals surface area contributed by atoms with E-state index in [9.17, 15) is 13.2 Å². The van der Waals surface area contributed by atoms with Crippen molar-refractivity contribution in [3.8, 4) is 0 Å². The Kier molecular flexibility index (Phi) is 4.21.